The monoisotopic (exact) mass is 436 g/mol. The summed E-state index contributed by atoms with van der Waals surface area (Å²) in [5, 5.41) is 10.4. The van der Waals surface area contributed by atoms with Crippen molar-refractivity contribution < 1.29 is 14.6 Å². The van der Waals surface area contributed by atoms with Crippen LogP contribution in [-0.4, -0.2) is 17.2 Å². The Kier molecular flexibility index (Phi) is 7.48. The van der Waals surface area contributed by atoms with Gasteiger partial charge in [0.2, 0.25) is 5.43 Å². The van der Waals surface area contributed by atoms with Gasteiger partial charge in [-0.1, -0.05) is 80.0 Å². The molecule has 3 aromatic carbocycles. The zero-order valence-electron chi connectivity index (χ0n) is 17.5. The number of ether oxygens (including phenoxy) is 1. The first kappa shape index (κ1) is 22.6. The van der Waals surface area contributed by atoms with Gasteiger partial charge in [-0.25, -0.2) is 4.79 Å². The van der Waals surface area contributed by atoms with Crippen LogP contribution in [-0.2, 0) is 11.2 Å². The van der Waals surface area contributed by atoms with Crippen LogP contribution in [0.5, 0.6) is 5.75 Å². The zero-order valence-corrected chi connectivity index (χ0v) is 18.3. The van der Waals surface area contributed by atoms with Gasteiger partial charge >= 0.3 is 5.97 Å². The van der Waals surface area contributed by atoms with Gasteiger partial charge in [0.25, 0.3) is 0 Å². The van der Waals surface area contributed by atoms with Crippen LogP contribution in [0.3, 0.4) is 0 Å². The van der Waals surface area contributed by atoms with Gasteiger partial charge in [-0.15, -0.1) is 0 Å². The predicted octanol–water partition coefficient (Wildman–Crippen LogP) is 5.96. The smallest absolute Gasteiger partial charge is 0.344 e. The van der Waals surface area contributed by atoms with Crippen molar-refractivity contribution in [2.75, 3.05) is 0 Å². The Morgan fingerprint density at radius 1 is 0.935 bits per heavy atom. The minimum absolute atomic E-state index is 0.0324. The van der Waals surface area contributed by atoms with Crippen LogP contribution in [0.4, 0.5) is 0 Å². The Morgan fingerprint density at radius 3 is 2.10 bits per heavy atom. The normalized spacial score (nSPS) is 11.9. The molecule has 0 aliphatic heterocycles. The number of aliphatic carboxylic acids is 1. The molecule has 5 heteroatoms. The molecule has 0 radical (unpaired) electrons. The van der Waals surface area contributed by atoms with Gasteiger partial charge in [0.1, 0.15) is 0 Å². The molecule has 3 rings (SSSR count). The van der Waals surface area contributed by atoms with Crippen LogP contribution >= 0.6 is 11.6 Å². The summed E-state index contributed by atoms with van der Waals surface area (Å²) in [6.07, 6.45) is -0.337. The minimum Gasteiger partial charge on any atom is -0.479 e. The van der Waals surface area contributed by atoms with Crippen molar-refractivity contribution in [1.82, 2.24) is 0 Å². The van der Waals surface area contributed by atoms with Crippen LogP contribution in [0.15, 0.2) is 77.6 Å². The van der Waals surface area contributed by atoms with Crippen LogP contribution in [0.1, 0.15) is 37.3 Å². The van der Waals surface area contributed by atoms with E-state index < -0.39 is 12.1 Å². The Balaban J connectivity index is 1.74. The summed E-state index contributed by atoms with van der Waals surface area (Å²) in [4.78, 5) is 24.3. The van der Waals surface area contributed by atoms with Crippen molar-refractivity contribution in [2.45, 2.75) is 38.7 Å². The summed E-state index contributed by atoms with van der Waals surface area (Å²) in [5.74, 6) is -0.936. The molecule has 1 unspecified atom stereocenters. The summed E-state index contributed by atoms with van der Waals surface area (Å²) in [5.41, 5.74) is 3.50. The predicted molar refractivity (Wildman–Crippen MR) is 124 cm³/mol. The molecule has 160 valence electrons. The minimum atomic E-state index is -1.11. The van der Waals surface area contributed by atoms with Crippen LogP contribution < -0.4 is 10.2 Å². The van der Waals surface area contributed by atoms with Crippen molar-refractivity contribution in [3.63, 3.8) is 0 Å². The number of carbonyl (C=O) groups is 1. The highest BCUT2D eigenvalue weighted by atomic mass is 35.5. The van der Waals surface area contributed by atoms with Gasteiger partial charge in [-0.05, 0) is 53.6 Å². The fourth-order valence-corrected chi connectivity index (χ4v) is 3.48. The number of benzene rings is 2. The summed E-state index contributed by atoms with van der Waals surface area (Å²) in [7, 11) is 0. The SMILES string of the molecule is CC(C)c1ccccc(=O)c1OC(CCc1ccc(-c2ccc(Cl)cc2)cc1)C(=O)O. The van der Waals surface area contributed by atoms with Gasteiger partial charge in [-0.3, -0.25) is 4.79 Å². The lowest BCUT2D eigenvalue weighted by atomic mass is 10.0. The molecule has 4 nitrogen and oxygen atoms in total. The Bertz CT molecular complexity index is 1090. The van der Waals surface area contributed by atoms with Crippen LogP contribution in [0.25, 0.3) is 11.1 Å². The quantitative estimate of drug-likeness (QED) is 0.473. The average Bonchev–Trinajstić information content (AvgIpc) is 2.93. The third kappa shape index (κ3) is 5.96. The van der Waals surface area contributed by atoms with Gasteiger partial charge < -0.3 is 9.84 Å². The number of carboxylic acids is 1. The first-order valence-corrected chi connectivity index (χ1v) is 10.6. The number of hydrogen-bond acceptors (Lipinski definition) is 3. The van der Waals surface area contributed by atoms with Crippen LogP contribution in [0.2, 0.25) is 5.02 Å². The van der Waals surface area contributed by atoms with Crippen molar-refractivity contribution in [3.8, 4) is 16.9 Å². The van der Waals surface area contributed by atoms with E-state index in [4.69, 9.17) is 16.3 Å². The molecule has 0 spiro atoms. The highest BCUT2D eigenvalue weighted by Crippen LogP contribution is 2.25. The summed E-state index contributed by atoms with van der Waals surface area (Å²) in [6.45, 7) is 3.89. The lowest BCUT2D eigenvalue weighted by Crippen LogP contribution is -2.30. The molecule has 31 heavy (non-hydrogen) atoms. The molecule has 0 aromatic heterocycles. The van der Waals surface area contributed by atoms with Gasteiger partial charge in [0.05, 0.1) is 0 Å². The van der Waals surface area contributed by atoms with E-state index in [0.717, 1.165) is 16.7 Å². The maximum absolute atomic E-state index is 12.4. The molecule has 0 aliphatic rings. The summed E-state index contributed by atoms with van der Waals surface area (Å²) in [6, 6.07) is 22.2. The first-order valence-electron chi connectivity index (χ1n) is 10.2. The molecule has 0 aliphatic carbocycles. The summed E-state index contributed by atoms with van der Waals surface area (Å²) < 4.78 is 5.76. The molecule has 0 bridgehead atoms. The van der Waals surface area contributed by atoms with Gasteiger partial charge in [-0.2, -0.15) is 0 Å². The Labute approximate surface area is 187 Å². The maximum Gasteiger partial charge on any atom is 0.344 e. The van der Waals surface area contributed by atoms with Crippen molar-refractivity contribution in [1.29, 1.82) is 0 Å². The fourth-order valence-electron chi connectivity index (χ4n) is 3.36. The number of hydrogen-bond donors (Lipinski definition) is 1. The molecule has 0 saturated carbocycles. The third-order valence-electron chi connectivity index (χ3n) is 5.10. The second kappa shape index (κ2) is 10.3. The molecular formula is C26H25ClO4. The van der Waals surface area contributed by atoms with E-state index in [-0.39, 0.29) is 23.5 Å². The van der Waals surface area contributed by atoms with Gasteiger partial charge in [0.15, 0.2) is 11.9 Å². The molecule has 3 aromatic rings. The topological polar surface area (TPSA) is 63.6 Å². The lowest BCUT2D eigenvalue weighted by molar-refractivity contribution is -0.145. The molecule has 0 amide bonds. The molecule has 1 N–H and O–H groups in total. The number of rotatable bonds is 8. The lowest BCUT2D eigenvalue weighted by Gasteiger charge is -2.17. The van der Waals surface area contributed by atoms with Crippen molar-refractivity contribution in [3.05, 3.63) is 99.2 Å². The molecule has 1 atom stereocenters. The molecule has 0 saturated heterocycles. The van der Waals surface area contributed by atoms with E-state index in [1.54, 1.807) is 18.2 Å². The largest absolute Gasteiger partial charge is 0.479 e. The molecule has 0 fully saturated rings. The number of aryl methyl sites for hydroxylation is 1. The van der Waals surface area contributed by atoms with E-state index >= 15 is 0 Å². The second-order valence-corrected chi connectivity index (χ2v) is 8.15. The highest BCUT2D eigenvalue weighted by Gasteiger charge is 2.22. The van der Waals surface area contributed by atoms with E-state index in [2.05, 4.69) is 0 Å². The standard InChI is InChI=1S/C26H25ClO4/c1-17(2)22-5-3-4-6-23(28)25(22)31-24(26(29)30)16-9-18-7-10-19(11-8-18)20-12-14-21(27)15-13-20/h3-8,10-15,17,24H,9,16H2,1-2H3,(H,29,30). The van der Waals surface area contributed by atoms with Crippen LogP contribution in [0, 0.1) is 0 Å². The highest BCUT2D eigenvalue weighted by molar-refractivity contribution is 6.30. The Hall–Kier alpha value is -3.11. The second-order valence-electron chi connectivity index (χ2n) is 7.71. The van der Waals surface area contributed by atoms with E-state index in [1.807, 2.05) is 62.4 Å². The first-order chi connectivity index (χ1) is 14.8. The van der Waals surface area contributed by atoms with E-state index in [0.29, 0.717) is 17.0 Å². The molecular weight excluding hydrogens is 412 g/mol. The average molecular weight is 437 g/mol. The Morgan fingerprint density at radius 2 is 1.52 bits per heavy atom. The zero-order chi connectivity index (χ0) is 22.4. The van der Waals surface area contributed by atoms with Crippen molar-refractivity contribution in [2.24, 2.45) is 0 Å². The third-order valence-corrected chi connectivity index (χ3v) is 5.36. The van der Waals surface area contributed by atoms with Gasteiger partial charge in [0, 0.05) is 10.6 Å². The molecule has 0 heterocycles. The fraction of sp³-hybridized carbons (Fsp3) is 0.231. The van der Waals surface area contributed by atoms with Crippen molar-refractivity contribution >= 4 is 17.6 Å². The van der Waals surface area contributed by atoms with E-state index in [1.165, 1.54) is 6.07 Å². The summed E-state index contributed by atoms with van der Waals surface area (Å²) >= 11 is 5.94. The number of halogens is 1. The van der Waals surface area contributed by atoms with E-state index in [9.17, 15) is 14.7 Å². The maximum atomic E-state index is 12.4. The number of carboxylic acid groups (broad SMARTS) is 1.